The number of aromatic carboxylic acids is 1. The second-order valence-corrected chi connectivity index (χ2v) is 6.73. The molecule has 0 amide bonds. The van der Waals surface area contributed by atoms with Gasteiger partial charge in [0, 0.05) is 22.8 Å². The monoisotopic (exact) mass is 369 g/mol. The Labute approximate surface area is 143 Å². The Morgan fingerprint density at radius 1 is 1.16 bits per heavy atom. The van der Waals surface area contributed by atoms with Gasteiger partial charge in [-0.1, -0.05) is 13.8 Å². The maximum atomic E-state index is 14.4. The molecule has 0 aliphatic carbocycles. The quantitative estimate of drug-likeness (QED) is 0.501. The summed E-state index contributed by atoms with van der Waals surface area (Å²) in [4.78, 5) is 15.4. The Morgan fingerprint density at radius 3 is 2.44 bits per heavy atom. The number of benzene rings is 1. The summed E-state index contributed by atoms with van der Waals surface area (Å²) in [5.41, 5.74) is -0.472. The number of fused-ring (bicyclic) bond motifs is 1. The SMILES string of the molecule is CC(C)c1c(C(=O)O)sc2c(-c3cc(F)cc(F)c3F)c(F)cnc12. The van der Waals surface area contributed by atoms with Crippen molar-refractivity contribution in [2.45, 2.75) is 19.8 Å². The van der Waals surface area contributed by atoms with E-state index in [9.17, 15) is 27.5 Å². The summed E-state index contributed by atoms with van der Waals surface area (Å²) in [7, 11) is 0. The van der Waals surface area contributed by atoms with Gasteiger partial charge in [-0.05, 0) is 12.0 Å². The topological polar surface area (TPSA) is 50.2 Å². The maximum absolute atomic E-state index is 14.4. The van der Waals surface area contributed by atoms with Crippen molar-refractivity contribution in [2.75, 3.05) is 0 Å². The molecule has 25 heavy (non-hydrogen) atoms. The number of carboxylic acid groups (broad SMARTS) is 1. The third kappa shape index (κ3) is 2.76. The highest BCUT2D eigenvalue weighted by atomic mass is 32.1. The number of rotatable bonds is 3. The first-order valence-electron chi connectivity index (χ1n) is 7.21. The minimum Gasteiger partial charge on any atom is -0.477 e. The first-order chi connectivity index (χ1) is 11.7. The van der Waals surface area contributed by atoms with Gasteiger partial charge in [0.15, 0.2) is 17.5 Å². The van der Waals surface area contributed by atoms with Crippen LogP contribution in [-0.2, 0) is 0 Å². The van der Waals surface area contributed by atoms with Crippen LogP contribution in [0, 0.1) is 23.3 Å². The molecule has 0 unspecified atom stereocenters. The zero-order valence-corrected chi connectivity index (χ0v) is 13.8. The average Bonchev–Trinajstić information content (AvgIpc) is 2.91. The zero-order chi connectivity index (χ0) is 18.5. The van der Waals surface area contributed by atoms with E-state index >= 15 is 0 Å². The normalized spacial score (nSPS) is 11.5. The zero-order valence-electron chi connectivity index (χ0n) is 13.0. The van der Waals surface area contributed by atoms with Gasteiger partial charge in [-0.25, -0.2) is 22.4 Å². The van der Waals surface area contributed by atoms with E-state index in [4.69, 9.17) is 0 Å². The molecule has 0 aliphatic rings. The number of thiophene rings is 1. The number of halogens is 4. The van der Waals surface area contributed by atoms with Gasteiger partial charge in [-0.3, -0.25) is 4.98 Å². The van der Waals surface area contributed by atoms with Gasteiger partial charge in [0.2, 0.25) is 0 Å². The van der Waals surface area contributed by atoms with Gasteiger partial charge < -0.3 is 5.11 Å². The van der Waals surface area contributed by atoms with E-state index in [1.807, 2.05) is 0 Å². The van der Waals surface area contributed by atoms with Gasteiger partial charge in [0.1, 0.15) is 10.7 Å². The Balaban J connectivity index is 2.47. The lowest BCUT2D eigenvalue weighted by atomic mass is 9.99. The van der Waals surface area contributed by atoms with E-state index in [2.05, 4.69) is 4.98 Å². The molecule has 1 aromatic carbocycles. The maximum Gasteiger partial charge on any atom is 0.346 e. The Hall–Kier alpha value is -2.48. The summed E-state index contributed by atoms with van der Waals surface area (Å²) in [6, 6.07) is 1.03. The minimum atomic E-state index is -1.46. The lowest BCUT2D eigenvalue weighted by Gasteiger charge is -2.09. The average molecular weight is 369 g/mol. The van der Waals surface area contributed by atoms with Crippen LogP contribution < -0.4 is 0 Å². The number of hydrogen-bond donors (Lipinski definition) is 1. The summed E-state index contributed by atoms with van der Waals surface area (Å²) >= 11 is 0.703. The number of aromatic nitrogens is 1. The Bertz CT molecular complexity index is 1010. The molecule has 2 aromatic heterocycles. The summed E-state index contributed by atoms with van der Waals surface area (Å²) in [5, 5.41) is 9.38. The first-order valence-corrected chi connectivity index (χ1v) is 8.03. The molecule has 0 atom stereocenters. The Morgan fingerprint density at radius 2 is 1.84 bits per heavy atom. The van der Waals surface area contributed by atoms with Crippen LogP contribution in [0.2, 0.25) is 0 Å². The van der Waals surface area contributed by atoms with Gasteiger partial charge in [0.25, 0.3) is 0 Å². The van der Waals surface area contributed by atoms with Crippen LogP contribution in [-0.4, -0.2) is 16.1 Å². The number of carbonyl (C=O) groups is 1. The van der Waals surface area contributed by atoms with E-state index < -0.39 is 40.4 Å². The van der Waals surface area contributed by atoms with E-state index in [1.54, 1.807) is 13.8 Å². The van der Waals surface area contributed by atoms with Gasteiger partial charge in [0.05, 0.1) is 16.4 Å². The highest BCUT2D eigenvalue weighted by Crippen LogP contribution is 2.42. The molecule has 2 heterocycles. The molecule has 0 spiro atoms. The van der Waals surface area contributed by atoms with Crippen molar-refractivity contribution in [3.63, 3.8) is 0 Å². The highest BCUT2D eigenvalue weighted by molar-refractivity contribution is 7.21. The molecule has 0 aliphatic heterocycles. The van der Waals surface area contributed by atoms with Crippen molar-refractivity contribution in [3.8, 4) is 11.1 Å². The molecule has 0 saturated heterocycles. The molecule has 0 fully saturated rings. The van der Waals surface area contributed by atoms with Crippen molar-refractivity contribution in [1.82, 2.24) is 4.98 Å². The lowest BCUT2D eigenvalue weighted by molar-refractivity contribution is 0.0701. The van der Waals surface area contributed by atoms with Crippen LogP contribution in [0.15, 0.2) is 18.3 Å². The molecule has 0 saturated carbocycles. The number of hydrogen-bond acceptors (Lipinski definition) is 3. The molecule has 0 bridgehead atoms. The fourth-order valence-corrected chi connectivity index (χ4v) is 4.01. The van der Waals surface area contributed by atoms with E-state index in [0.717, 1.165) is 6.20 Å². The Kier molecular flexibility index (Phi) is 4.24. The van der Waals surface area contributed by atoms with E-state index in [-0.39, 0.29) is 21.0 Å². The lowest BCUT2D eigenvalue weighted by Crippen LogP contribution is -2.00. The molecule has 1 N–H and O–H groups in total. The predicted molar refractivity (Wildman–Crippen MR) is 85.9 cm³/mol. The van der Waals surface area contributed by atoms with Crippen LogP contribution >= 0.6 is 11.3 Å². The summed E-state index contributed by atoms with van der Waals surface area (Å²) in [6.07, 6.45) is 0.796. The fraction of sp³-hybridized carbons (Fsp3) is 0.176. The predicted octanol–water partition coefficient (Wildman–Crippen LogP) is 5.34. The van der Waals surface area contributed by atoms with Gasteiger partial charge in [-0.2, -0.15) is 0 Å². The largest absolute Gasteiger partial charge is 0.477 e. The van der Waals surface area contributed by atoms with Crippen LogP contribution in [0.1, 0.15) is 35.0 Å². The smallest absolute Gasteiger partial charge is 0.346 e. The van der Waals surface area contributed by atoms with Crippen molar-refractivity contribution in [2.24, 2.45) is 0 Å². The molecule has 3 rings (SSSR count). The standard InChI is InChI=1S/C17H11F4NO2S/c1-6(2)11-14-15(25-16(11)17(23)24)12(10(20)5-22-14)8-3-7(18)4-9(19)13(8)21/h3-6H,1-2H3,(H,23,24). The number of carboxylic acids is 1. The highest BCUT2D eigenvalue weighted by Gasteiger charge is 2.26. The minimum absolute atomic E-state index is 0.0324. The fourth-order valence-electron chi connectivity index (χ4n) is 2.71. The molecule has 0 radical (unpaired) electrons. The van der Waals surface area contributed by atoms with Crippen LogP contribution in [0.4, 0.5) is 17.6 Å². The molecule has 3 nitrogen and oxygen atoms in total. The summed E-state index contributed by atoms with van der Waals surface area (Å²) in [6.45, 7) is 3.47. The summed E-state index contributed by atoms with van der Waals surface area (Å²) < 4.78 is 55.7. The van der Waals surface area contributed by atoms with Crippen molar-refractivity contribution in [3.05, 3.63) is 52.0 Å². The molecule has 8 heteroatoms. The van der Waals surface area contributed by atoms with Crippen LogP contribution in [0.25, 0.3) is 21.3 Å². The van der Waals surface area contributed by atoms with Crippen LogP contribution in [0.3, 0.4) is 0 Å². The molecular formula is C17H11F4NO2S. The summed E-state index contributed by atoms with van der Waals surface area (Å²) in [5.74, 6) is -6.42. The van der Waals surface area contributed by atoms with Gasteiger partial charge in [-0.15, -0.1) is 11.3 Å². The van der Waals surface area contributed by atoms with Crippen molar-refractivity contribution >= 4 is 27.5 Å². The van der Waals surface area contributed by atoms with Gasteiger partial charge >= 0.3 is 5.97 Å². The molecule has 130 valence electrons. The second-order valence-electron chi connectivity index (χ2n) is 5.71. The van der Waals surface area contributed by atoms with Crippen molar-refractivity contribution < 1.29 is 27.5 Å². The molecular weight excluding hydrogens is 358 g/mol. The molecule has 3 aromatic rings. The third-order valence-corrected chi connectivity index (χ3v) is 4.93. The second kappa shape index (κ2) is 6.11. The number of pyridine rings is 1. The third-order valence-electron chi connectivity index (χ3n) is 3.73. The van der Waals surface area contributed by atoms with E-state index in [0.29, 0.717) is 29.0 Å². The first kappa shape index (κ1) is 17.3. The van der Waals surface area contributed by atoms with Crippen molar-refractivity contribution in [1.29, 1.82) is 0 Å². The number of nitrogens with zero attached hydrogens (tertiary/aromatic N) is 1. The van der Waals surface area contributed by atoms with Crippen LogP contribution in [0.5, 0.6) is 0 Å². The van der Waals surface area contributed by atoms with E-state index in [1.165, 1.54) is 0 Å².